The van der Waals surface area contributed by atoms with Crippen molar-refractivity contribution in [2.75, 3.05) is 0 Å². The lowest BCUT2D eigenvalue weighted by atomic mass is 10.2. The fourth-order valence-corrected chi connectivity index (χ4v) is 0.690. The minimum absolute atomic E-state index is 0.0677. The first-order valence-electron chi connectivity index (χ1n) is 3.06. The average Bonchev–Trinajstić information content (AvgIpc) is 1.94. The quantitative estimate of drug-likeness (QED) is 0.449. The van der Waals surface area contributed by atoms with Crippen molar-refractivity contribution in [1.82, 2.24) is 0 Å². The van der Waals surface area contributed by atoms with Crippen molar-refractivity contribution in [2.24, 2.45) is 0 Å². The van der Waals surface area contributed by atoms with Crippen LogP contribution in [0.15, 0.2) is 18.3 Å². The first kappa shape index (κ1) is 7.53. The van der Waals surface area contributed by atoms with Gasteiger partial charge in [0.05, 0.1) is 0 Å². The molecule has 0 aliphatic heterocycles. The lowest BCUT2D eigenvalue weighted by Gasteiger charge is -1.90. The fourth-order valence-electron chi connectivity index (χ4n) is 0.690. The zero-order chi connectivity index (χ0) is 8.43. The Morgan fingerprint density at radius 2 is 2.18 bits per heavy atom. The number of aryl methyl sites for hydroxylation is 1. The van der Waals surface area contributed by atoms with Crippen LogP contribution in [-0.4, -0.2) is 16.3 Å². The Balaban J connectivity index is 3.15. The van der Waals surface area contributed by atoms with Gasteiger partial charge in [0.15, 0.2) is 0 Å². The molecular weight excluding hydrogens is 146 g/mol. The second-order valence-corrected chi connectivity index (χ2v) is 2.21. The third-order valence-corrected chi connectivity index (χ3v) is 1.37. The van der Waals surface area contributed by atoms with Gasteiger partial charge in [0.25, 0.3) is 0 Å². The summed E-state index contributed by atoms with van der Waals surface area (Å²) in [6.45, 7) is 1.67. The highest BCUT2D eigenvalue weighted by Crippen LogP contribution is 1.95. The van der Waals surface area contributed by atoms with Gasteiger partial charge in [0.1, 0.15) is 5.56 Å². The van der Waals surface area contributed by atoms with E-state index in [1.807, 2.05) is 0 Å². The van der Waals surface area contributed by atoms with Crippen LogP contribution in [0.5, 0.6) is 0 Å². The number of hydrogen-bond acceptors (Lipinski definition) is 2. The second kappa shape index (κ2) is 2.57. The monoisotopic (exact) mass is 154 g/mol. The molecule has 1 heterocycles. The summed E-state index contributed by atoms with van der Waals surface area (Å²) in [5.74, 6) is -1.05. The smallest absolute Gasteiger partial charge is 0.341 e. The Hall–Kier alpha value is -1.58. The Morgan fingerprint density at radius 1 is 1.55 bits per heavy atom. The van der Waals surface area contributed by atoms with E-state index in [2.05, 4.69) is 0 Å². The van der Waals surface area contributed by atoms with Crippen LogP contribution in [-0.2, 0) is 0 Å². The SMILES string of the molecule is Cc1ccc(C(=O)O)c[n+]1O. The molecule has 0 amide bonds. The number of carboxylic acids is 1. The van der Waals surface area contributed by atoms with Crippen LogP contribution in [0, 0.1) is 6.92 Å². The summed E-state index contributed by atoms with van der Waals surface area (Å²) in [5, 5.41) is 17.5. The molecule has 0 fully saturated rings. The standard InChI is InChI=1S/C7H7NO3/c1-5-2-3-6(7(9)10)4-8(5)11/h2-4H,1H3,(H-,9,10,11)/p+1. The Labute approximate surface area is 63.3 Å². The molecule has 0 bridgehead atoms. The predicted molar refractivity (Wildman–Crippen MR) is 35.5 cm³/mol. The largest absolute Gasteiger partial charge is 0.477 e. The molecule has 4 nitrogen and oxygen atoms in total. The third kappa shape index (κ3) is 1.46. The first-order valence-corrected chi connectivity index (χ1v) is 3.06. The molecule has 4 heteroatoms. The maximum absolute atomic E-state index is 10.3. The van der Waals surface area contributed by atoms with E-state index in [0.717, 1.165) is 10.9 Å². The zero-order valence-corrected chi connectivity index (χ0v) is 5.98. The van der Waals surface area contributed by atoms with Gasteiger partial charge in [-0.25, -0.2) is 4.79 Å². The van der Waals surface area contributed by atoms with Crippen LogP contribution < -0.4 is 4.73 Å². The molecule has 0 saturated carbocycles. The Kier molecular flexibility index (Phi) is 1.76. The molecule has 0 radical (unpaired) electrons. The molecule has 58 valence electrons. The van der Waals surface area contributed by atoms with Gasteiger partial charge in [-0.2, -0.15) is 0 Å². The van der Waals surface area contributed by atoms with Crippen molar-refractivity contribution in [3.05, 3.63) is 29.6 Å². The number of aromatic nitrogens is 1. The summed E-state index contributed by atoms with van der Waals surface area (Å²) in [6.07, 6.45) is 1.15. The second-order valence-electron chi connectivity index (χ2n) is 2.21. The molecule has 0 aliphatic carbocycles. The van der Waals surface area contributed by atoms with E-state index < -0.39 is 5.97 Å². The van der Waals surface area contributed by atoms with Crippen molar-refractivity contribution in [3.8, 4) is 0 Å². The highest BCUT2D eigenvalue weighted by molar-refractivity contribution is 5.86. The van der Waals surface area contributed by atoms with Crippen molar-refractivity contribution >= 4 is 5.97 Å². The van der Waals surface area contributed by atoms with Gasteiger partial charge >= 0.3 is 5.97 Å². The molecule has 0 aromatic carbocycles. The number of rotatable bonds is 1. The molecule has 1 rings (SSSR count). The van der Waals surface area contributed by atoms with Crippen LogP contribution in [0.25, 0.3) is 0 Å². The van der Waals surface area contributed by atoms with Crippen LogP contribution in [0.2, 0.25) is 0 Å². The minimum Gasteiger partial charge on any atom is -0.477 e. The van der Waals surface area contributed by atoms with Crippen molar-refractivity contribution in [1.29, 1.82) is 0 Å². The van der Waals surface area contributed by atoms with Gasteiger partial charge in [-0.05, 0) is 6.07 Å². The molecule has 2 N–H and O–H groups in total. The van der Waals surface area contributed by atoms with E-state index in [4.69, 9.17) is 10.3 Å². The minimum atomic E-state index is -1.05. The van der Waals surface area contributed by atoms with E-state index in [9.17, 15) is 4.79 Å². The van der Waals surface area contributed by atoms with Crippen molar-refractivity contribution in [3.63, 3.8) is 0 Å². The highest BCUT2D eigenvalue weighted by Gasteiger charge is 2.10. The number of pyridine rings is 1. The van der Waals surface area contributed by atoms with E-state index in [0.29, 0.717) is 5.69 Å². The van der Waals surface area contributed by atoms with Gasteiger partial charge < -0.3 is 5.11 Å². The van der Waals surface area contributed by atoms with Gasteiger partial charge in [-0.3, -0.25) is 5.21 Å². The molecule has 11 heavy (non-hydrogen) atoms. The lowest BCUT2D eigenvalue weighted by Crippen LogP contribution is -2.34. The maximum Gasteiger partial charge on any atom is 0.341 e. The summed E-state index contributed by atoms with van der Waals surface area (Å²) < 4.78 is 0.781. The molecule has 0 spiro atoms. The summed E-state index contributed by atoms with van der Waals surface area (Å²) in [7, 11) is 0. The molecular formula is C7H8NO3+. The molecule has 0 atom stereocenters. The number of carboxylic acid groups (broad SMARTS) is 1. The van der Waals surface area contributed by atoms with Gasteiger partial charge in [0.2, 0.25) is 11.9 Å². The Morgan fingerprint density at radius 3 is 2.64 bits per heavy atom. The molecule has 0 unspecified atom stereocenters. The number of carbonyl (C=O) groups is 1. The maximum atomic E-state index is 10.3. The van der Waals surface area contributed by atoms with Crippen molar-refractivity contribution in [2.45, 2.75) is 6.92 Å². The zero-order valence-electron chi connectivity index (χ0n) is 5.98. The van der Waals surface area contributed by atoms with E-state index in [-0.39, 0.29) is 5.56 Å². The summed E-state index contributed by atoms with van der Waals surface area (Å²) in [5.41, 5.74) is 0.660. The normalized spacial score (nSPS) is 9.55. The molecule has 0 aliphatic rings. The number of nitrogens with zero attached hydrogens (tertiary/aromatic N) is 1. The number of hydrogen-bond donors (Lipinski definition) is 2. The van der Waals surface area contributed by atoms with Gasteiger partial charge in [-0.15, -0.1) is 0 Å². The van der Waals surface area contributed by atoms with Gasteiger partial charge in [0, 0.05) is 17.7 Å². The van der Waals surface area contributed by atoms with Crippen LogP contribution >= 0.6 is 0 Å². The topological polar surface area (TPSA) is 61.4 Å². The van der Waals surface area contributed by atoms with E-state index >= 15 is 0 Å². The molecule has 0 saturated heterocycles. The van der Waals surface area contributed by atoms with Crippen molar-refractivity contribution < 1.29 is 19.8 Å². The summed E-state index contributed by atoms with van der Waals surface area (Å²) in [6, 6.07) is 2.97. The predicted octanol–water partition coefficient (Wildman–Crippen LogP) is 0.218. The van der Waals surface area contributed by atoms with Crippen LogP contribution in [0.4, 0.5) is 0 Å². The third-order valence-electron chi connectivity index (χ3n) is 1.37. The fraction of sp³-hybridized carbons (Fsp3) is 0.143. The summed E-state index contributed by atoms with van der Waals surface area (Å²) in [4.78, 5) is 10.3. The molecule has 1 aromatic rings. The van der Waals surface area contributed by atoms with Crippen LogP contribution in [0.1, 0.15) is 16.1 Å². The van der Waals surface area contributed by atoms with Crippen LogP contribution in [0.3, 0.4) is 0 Å². The lowest BCUT2D eigenvalue weighted by molar-refractivity contribution is -0.908. The Bertz CT molecular complexity index is 296. The number of aromatic carboxylic acids is 1. The van der Waals surface area contributed by atoms with E-state index in [1.165, 1.54) is 12.1 Å². The average molecular weight is 154 g/mol. The van der Waals surface area contributed by atoms with Gasteiger partial charge in [-0.1, -0.05) is 0 Å². The highest BCUT2D eigenvalue weighted by atomic mass is 16.5. The summed E-state index contributed by atoms with van der Waals surface area (Å²) >= 11 is 0. The molecule has 1 aromatic heterocycles. The first-order chi connectivity index (χ1) is 5.11. The van der Waals surface area contributed by atoms with E-state index in [1.54, 1.807) is 6.92 Å².